The van der Waals surface area contributed by atoms with Crippen LogP contribution in [-0.2, 0) is 16.1 Å². The Hall–Kier alpha value is -1.86. The van der Waals surface area contributed by atoms with Crippen LogP contribution in [0.15, 0.2) is 30.3 Å². The number of ether oxygens (including phenoxy) is 1. The highest BCUT2D eigenvalue weighted by Gasteiger charge is 2.25. The molecular weight excluding hydrogens is 264 g/mol. The molecule has 0 radical (unpaired) electrons. The van der Waals surface area contributed by atoms with Gasteiger partial charge in [0.1, 0.15) is 12.6 Å². The van der Waals surface area contributed by atoms with E-state index >= 15 is 0 Å². The van der Waals surface area contributed by atoms with Gasteiger partial charge in [0.25, 0.3) is 0 Å². The van der Waals surface area contributed by atoms with Crippen LogP contribution in [0.3, 0.4) is 0 Å². The molecule has 1 aliphatic rings. The molecule has 1 atom stereocenters. The second kappa shape index (κ2) is 7.80. The van der Waals surface area contributed by atoms with Crippen LogP contribution in [0.25, 0.3) is 0 Å². The minimum atomic E-state index is -0.558. The second-order valence-electron chi connectivity index (χ2n) is 5.78. The monoisotopic (exact) mass is 286 g/mol. The molecule has 2 N–H and O–H groups in total. The fraction of sp³-hybridized carbons (Fsp3) is 0.529. The summed E-state index contributed by atoms with van der Waals surface area (Å²) in [5.74, 6) is 0.289. The number of nitrogens with zero attached hydrogens (tertiary/aromatic N) is 1. The molecular formula is C17H22N2O2. The van der Waals surface area contributed by atoms with E-state index in [-0.39, 0.29) is 18.5 Å². The molecule has 112 valence electrons. The zero-order valence-electron chi connectivity index (χ0n) is 12.2. The molecule has 0 bridgehead atoms. The topological polar surface area (TPSA) is 76.1 Å². The summed E-state index contributed by atoms with van der Waals surface area (Å²) in [4.78, 5) is 11.9. The van der Waals surface area contributed by atoms with Gasteiger partial charge in [0.05, 0.1) is 6.07 Å². The van der Waals surface area contributed by atoms with Crippen molar-refractivity contribution in [2.24, 2.45) is 17.6 Å². The van der Waals surface area contributed by atoms with Gasteiger partial charge in [-0.1, -0.05) is 30.3 Å². The van der Waals surface area contributed by atoms with Gasteiger partial charge in [0, 0.05) is 5.92 Å². The summed E-state index contributed by atoms with van der Waals surface area (Å²) in [6, 6.07) is 11.3. The number of carbonyl (C=O) groups excluding carboxylic acids is 1. The highest BCUT2D eigenvalue weighted by atomic mass is 16.5. The summed E-state index contributed by atoms with van der Waals surface area (Å²) in [6.07, 6.45) is 4.47. The van der Waals surface area contributed by atoms with Crippen LogP contribution in [0.1, 0.15) is 37.7 Å². The Morgan fingerprint density at radius 1 is 1.29 bits per heavy atom. The van der Waals surface area contributed by atoms with E-state index in [9.17, 15) is 4.79 Å². The molecule has 1 aromatic rings. The van der Waals surface area contributed by atoms with Gasteiger partial charge in [-0.2, -0.15) is 5.26 Å². The van der Waals surface area contributed by atoms with Gasteiger partial charge in [-0.3, -0.25) is 4.79 Å². The maximum atomic E-state index is 11.9. The first-order chi connectivity index (χ1) is 10.2. The molecule has 1 unspecified atom stereocenters. The number of carbonyl (C=O) groups is 1. The van der Waals surface area contributed by atoms with Gasteiger partial charge in [0.2, 0.25) is 0 Å². The van der Waals surface area contributed by atoms with Crippen LogP contribution in [0.2, 0.25) is 0 Å². The summed E-state index contributed by atoms with van der Waals surface area (Å²) in [5.41, 5.74) is 6.91. The quantitative estimate of drug-likeness (QED) is 0.844. The molecule has 0 spiro atoms. The minimum Gasteiger partial charge on any atom is -0.460 e. The van der Waals surface area contributed by atoms with E-state index in [0.717, 1.165) is 31.2 Å². The fourth-order valence-electron chi connectivity index (χ4n) is 2.82. The number of benzene rings is 1. The maximum Gasteiger partial charge on any atom is 0.323 e. The summed E-state index contributed by atoms with van der Waals surface area (Å²) in [5, 5.41) is 8.88. The Balaban J connectivity index is 1.72. The van der Waals surface area contributed by atoms with Crippen molar-refractivity contribution in [3.63, 3.8) is 0 Å². The van der Waals surface area contributed by atoms with Crippen LogP contribution in [0, 0.1) is 23.2 Å². The molecule has 4 nitrogen and oxygen atoms in total. The Kier molecular flexibility index (Phi) is 5.77. The molecule has 21 heavy (non-hydrogen) atoms. The van der Waals surface area contributed by atoms with Crippen molar-refractivity contribution >= 4 is 5.97 Å². The first kappa shape index (κ1) is 15.5. The van der Waals surface area contributed by atoms with Crippen molar-refractivity contribution in [3.05, 3.63) is 35.9 Å². The lowest BCUT2D eigenvalue weighted by molar-refractivity contribution is -0.147. The summed E-state index contributed by atoms with van der Waals surface area (Å²) in [7, 11) is 0. The summed E-state index contributed by atoms with van der Waals surface area (Å²) in [6.45, 7) is 0.272. The molecule has 0 amide bonds. The van der Waals surface area contributed by atoms with Gasteiger partial charge in [-0.05, 0) is 43.6 Å². The van der Waals surface area contributed by atoms with E-state index in [0.29, 0.717) is 12.3 Å². The molecule has 0 heterocycles. The lowest BCUT2D eigenvalue weighted by Crippen LogP contribution is -2.35. The summed E-state index contributed by atoms with van der Waals surface area (Å²) >= 11 is 0. The second-order valence-corrected chi connectivity index (χ2v) is 5.78. The average Bonchev–Trinajstić information content (AvgIpc) is 2.54. The number of hydrogen-bond donors (Lipinski definition) is 1. The van der Waals surface area contributed by atoms with Crippen LogP contribution in [0.5, 0.6) is 0 Å². The van der Waals surface area contributed by atoms with Crippen molar-refractivity contribution in [3.8, 4) is 6.07 Å². The van der Waals surface area contributed by atoms with Crippen molar-refractivity contribution in [1.29, 1.82) is 5.26 Å². The molecule has 0 aromatic heterocycles. The smallest absolute Gasteiger partial charge is 0.323 e. The van der Waals surface area contributed by atoms with E-state index in [4.69, 9.17) is 15.7 Å². The van der Waals surface area contributed by atoms with E-state index in [1.54, 1.807) is 0 Å². The average molecular weight is 286 g/mol. The van der Waals surface area contributed by atoms with Crippen molar-refractivity contribution in [2.75, 3.05) is 0 Å². The zero-order valence-corrected chi connectivity index (χ0v) is 12.2. The first-order valence-corrected chi connectivity index (χ1v) is 7.54. The fourth-order valence-corrected chi connectivity index (χ4v) is 2.82. The number of esters is 1. The molecule has 1 aromatic carbocycles. The van der Waals surface area contributed by atoms with Crippen LogP contribution >= 0.6 is 0 Å². The predicted molar refractivity (Wildman–Crippen MR) is 79.9 cm³/mol. The van der Waals surface area contributed by atoms with Gasteiger partial charge in [-0.15, -0.1) is 0 Å². The van der Waals surface area contributed by atoms with E-state index in [2.05, 4.69) is 6.07 Å². The van der Waals surface area contributed by atoms with Gasteiger partial charge < -0.3 is 10.5 Å². The van der Waals surface area contributed by atoms with E-state index < -0.39 is 6.04 Å². The van der Waals surface area contributed by atoms with Gasteiger partial charge >= 0.3 is 5.97 Å². The molecule has 0 aliphatic heterocycles. The molecule has 1 saturated carbocycles. The van der Waals surface area contributed by atoms with Crippen molar-refractivity contribution < 1.29 is 9.53 Å². The maximum absolute atomic E-state index is 11.9. The Morgan fingerprint density at radius 3 is 2.57 bits per heavy atom. The minimum absolute atomic E-state index is 0.183. The summed E-state index contributed by atoms with van der Waals surface area (Å²) < 4.78 is 5.26. The Morgan fingerprint density at radius 2 is 1.95 bits per heavy atom. The third-order valence-corrected chi connectivity index (χ3v) is 4.14. The first-order valence-electron chi connectivity index (χ1n) is 7.54. The lowest BCUT2D eigenvalue weighted by Gasteiger charge is -2.26. The zero-order chi connectivity index (χ0) is 15.1. The highest BCUT2D eigenvalue weighted by Crippen LogP contribution is 2.31. The van der Waals surface area contributed by atoms with E-state index in [1.807, 2.05) is 30.3 Å². The number of nitrogens with two attached hydrogens (primary N) is 1. The number of rotatable bonds is 5. The molecule has 2 rings (SSSR count). The Labute approximate surface area is 125 Å². The van der Waals surface area contributed by atoms with Crippen LogP contribution in [0.4, 0.5) is 0 Å². The van der Waals surface area contributed by atoms with Crippen LogP contribution in [-0.4, -0.2) is 12.0 Å². The number of nitriles is 1. The highest BCUT2D eigenvalue weighted by molar-refractivity contribution is 5.75. The molecule has 1 aliphatic carbocycles. The molecule has 1 fully saturated rings. The molecule has 4 heteroatoms. The Bertz CT molecular complexity index is 487. The normalized spacial score (nSPS) is 23.0. The number of hydrogen-bond acceptors (Lipinski definition) is 4. The third kappa shape index (κ3) is 4.87. The van der Waals surface area contributed by atoms with Gasteiger partial charge in [-0.25, -0.2) is 0 Å². The van der Waals surface area contributed by atoms with Crippen molar-refractivity contribution in [2.45, 2.75) is 44.8 Å². The third-order valence-electron chi connectivity index (χ3n) is 4.14. The predicted octanol–water partition coefficient (Wildman–Crippen LogP) is 2.78. The lowest BCUT2D eigenvalue weighted by atomic mass is 9.80. The van der Waals surface area contributed by atoms with Crippen molar-refractivity contribution in [1.82, 2.24) is 0 Å². The largest absolute Gasteiger partial charge is 0.460 e. The molecule has 0 saturated heterocycles. The van der Waals surface area contributed by atoms with Crippen LogP contribution < -0.4 is 5.73 Å². The SMILES string of the molecule is N#CC1CCC(CC(N)C(=O)OCc2ccccc2)CC1. The van der Waals surface area contributed by atoms with Gasteiger partial charge in [0.15, 0.2) is 0 Å². The van der Waals surface area contributed by atoms with E-state index in [1.165, 1.54) is 0 Å². The standard InChI is InChI=1S/C17H22N2O2/c18-11-14-8-6-13(7-9-14)10-16(19)17(20)21-12-15-4-2-1-3-5-15/h1-5,13-14,16H,6-10,12,19H2.